The Hall–Kier alpha value is -2.12. The lowest BCUT2D eigenvalue weighted by Gasteiger charge is -2.29. The summed E-state index contributed by atoms with van der Waals surface area (Å²) in [5.41, 5.74) is 4.79. The summed E-state index contributed by atoms with van der Waals surface area (Å²) in [4.78, 5) is 38.1. The van der Waals surface area contributed by atoms with Gasteiger partial charge < -0.3 is 10.6 Å². The van der Waals surface area contributed by atoms with Crippen LogP contribution in [-0.4, -0.2) is 44.6 Å². The van der Waals surface area contributed by atoms with Crippen LogP contribution in [-0.2, 0) is 11.8 Å². The minimum absolute atomic E-state index is 0.0278. The summed E-state index contributed by atoms with van der Waals surface area (Å²) in [5, 5.41) is 3.81. The number of likely N-dealkylation sites (tertiary alicyclic amines) is 1. The van der Waals surface area contributed by atoms with Gasteiger partial charge in [-0.2, -0.15) is 0 Å². The van der Waals surface area contributed by atoms with E-state index in [-0.39, 0.29) is 23.6 Å². The number of aromatic amines is 1. The van der Waals surface area contributed by atoms with E-state index in [1.807, 2.05) is 0 Å². The van der Waals surface area contributed by atoms with Gasteiger partial charge in [0.1, 0.15) is 0 Å². The molecule has 18 heavy (non-hydrogen) atoms. The molecule has 0 unspecified atom stereocenters. The highest BCUT2D eigenvalue weighted by molar-refractivity contribution is 5.90. The molecule has 2 amide bonds. The molecule has 1 aromatic heterocycles. The number of amides is 2. The van der Waals surface area contributed by atoms with Crippen molar-refractivity contribution in [1.82, 2.24) is 19.7 Å². The maximum absolute atomic E-state index is 12.0. The lowest BCUT2D eigenvalue weighted by Crippen LogP contribution is -2.42. The van der Waals surface area contributed by atoms with E-state index in [1.54, 1.807) is 4.90 Å². The summed E-state index contributed by atoms with van der Waals surface area (Å²) in [5.74, 6) is -0.791. The summed E-state index contributed by atoms with van der Waals surface area (Å²) >= 11 is 0. The average Bonchev–Trinajstić information content (AvgIpc) is 2.69. The average molecular weight is 253 g/mol. The van der Waals surface area contributed by atoms with Crippen LogP contribution < -0.4 is 11.4 Å². The van der Waals surface area contributed by atoms with E-state index in [0.29, 0.717) is 25.9 Å². The molecule has 1 aliphatic rings. The molecule has 0 spiro atoms. The van der Waals surface area contributed by atoms with Crippen LogP contribution in [0.15, 0.2) is 4.79 Å². The van der Waals surface area contributed by atoms with E-state index in [2.05, 4.69) is 10.1 Å². The summed E-state index contributed by atoms with van der Waals surface area (Å²) in [6.45, 7) is 0.899. The number of nitrogens with one attached hydrogen (secondary N) is 1. The van der Waals surface area contributed by atoms with Crippen molar-refractivity contribution in [2.75, 3.05) is 13.1 Å². The zero-order valence-corrected chi connectivity index (χ0v) is 10.0. The molecule has 8 heteroatoms. The molecular weight excluding hydrogens is 238 g/mol. The Morgan fingerprint density at radius 3 is 2.44 bits per heavy atom. The quantitative estimate of drug-likeness (QED) is 0.663. The zero-order valence-electron chi connectivity index (χ0n) is 10.0. The second kappa shape index (κ2) is 4.63. The van der Waals surface area contributed by atoms with Crippen LogP contribution in [0.2, 0.25) is 0 Å². The summed E-state index contributed by atoms with van der Waals surface area (Å²) in [7, 11) is 1.47. The number of hydrogen-bond acceptors (Lipinski definition) is 4. The first-order valence-electron chi connectivity index (χ1n) is 5.71. The fraction of sp³-hybridized carbons (Fsp3) is 0.600. The lowest BCUT2D eigenvalue weighted by atomic mass is 9.96. The van der Waals surface area contributed by atoms with Crippen molar-refractivity contribution >= 4 is 11.8 Å². The second-order valence-electron chi connectivity index (χ2n) is 4.37. The Balaban J connectivity index is 2.04. The number of carbonyl (C=O) groups is 2. The van der Waals surface area contributed by atoms with Gasteiger partial charge in [-0.1, -0.05) is 0 Å². The first kappa shape index (κ1) is 12.3. The minimum Gasteiger partial charge on any atom is -0.369 e. The number of hydrogen-bond donors (Lipinski definition) is 2. The molecule has 0 aromatic carbocycles. The molecular formula is C10H15N5O3. The van der Waals surface area contributed by atoms with Crippen molar-refractivity contribution in [2.24, 2.45) is 18.7 Å². The molecule has 1 fully saturated rings. The molecule has 0 bridgehead atoms. The molecule has 3 N–H and O–H groups in total. The van der Waals surface area contributed by atoms with E-state index < -0.39 is 5.69 Å². The van der Waals surface area contributed by atoms with Crippen LogP contribution >= 0.6 is 0 Å². The zero-order chi connectivity index (χ0) is 13.3. The summed E-state index contributed by atoms with van der Waals surface area (Å²) in [6.07, 6.45) is 1.11. The maximum Gasteiger partial charge on any atom is 0.343 e. The molecule has 0 radical (unpaired) electrons. The third kappa shape index (κ3) is 2.27. The predicted molar refractivity (Wildman–Crippen MR) is 61.7 cm³/mol. The Morgan fingerprint density at radius 2 is 2.00 bits per heavy atom. The number of primary amides is 1. The van der Waals surface area contributed by atoms with E-state index in [9.17, 15) is 14.4 Å². The fourth-order valence-corrected chi connectivity index (χ4v) is 2.02. The molecule has 1 saturated heterocycles. The van der Waals surface area contributed by atoms with Crippen LogP contribution in [0.4, 0.5) is 0 Å². The van der Waals surface area contributed by atoms with Gasteiger partial charge in [0, 0.05) is 26.1 Å². The van der Waals surface area contributed by atoms with Crippen LogP contribution in [0.5, 0.6) is 0 Å². The first-order chi connectivity index (χ1) is 8.49. The largest absolute Gasteiger partial charge is 0.369 e. The molecule has 2 rings (SSSR count). The van der Waals surface area contributed by atoms with Crippen molar-refractivity contribution < 1.29 is 9.59 Å². The van der Waals surface area contributed by atoms with E-state index in [0.717, 1.165) is 4.68 Å². The molecule has 1 aromatic rings. The van der Waals surface area contributed by atoms with Gasteiger partial charge in [0.05, 0.1) is 0 Å². The smallest absolute Gasteiger partial charge is 0.343 e. The van der Waals surface area contributed by atoms with Gasteiger partial charge in [-0.3, -0.25) is 14.6 Å². The Morgan fingerprint density at radius 1 is 1.39 bits per heavy atom. The monoisotopic (exact) mass is 253 g/mol. The van der Waals surface area contributed by atoms with E-state index in [4.69, 9.17) is 5.73 Å². The minimum atomic E-state index is -0.426. The number of aryl methyl sites for hydroxylation is 1. The van der Waals surface area contributed by atoms with E-state index in [1.165, 1.54) is 7.05 Å². The van der Waals surface area contributed by atoms with Crippen molar-refractivity contribution in [1.29, 1.82) is 0 Å². The van der Waals surface area contributed by atoms with Gasteiger partial charge in [0.15, 0.2) is 0 Å². The SMILES string of the molecule is Cn1nc(C(=O)N2CCC(C(N)=O)CC2)[nH]c1=O. The van der Waals surface area contributed by atoms with Gasteiger partial charge in [0.25, 0.3) is 5.91 Å². The molecule has 98 valence electrons. The summed E-state index contributed by atoms with van der Waals surface area (Å²) < 4.78 is 1.07. The Labute approximate surface area is 103 Å². The van der Waals surface area contributed by atoms with Crippen molar-refractivity contribution in [3.63, 3.8) is 0 Å². The summed E-state index contributed by atoms with van der Waals surface area (Å²) in [6, 6.07) is 0. The van der Waals surface area contributed by atoms with Crippen LogP contribution in [0.1, 0.15) is 23.5 Å². The van der Waals surface area contributed by atoms with E-state index >= 15 is 0 Å². The van der Waals surface area contributed by atoms with Crippen molar-refractivity contribution in [3.05, 3.63) is 16.3 Å². The van der Waals surface area contributed by atoms with Gasteiger partial charge in [0.2, 0.25) is 11.7 Å². The number of nitrogens with two attached hydrogens (primary N) is 1. The lowest BCUT2D eigenvalue weighted by molar-refractivity contribution is -0.123. The maximum atomic E-state index is 12.0. The fourth-order valence-electron chi connectivity index (χ4n) is 2.02. The number of carbonyl (C=O) groups excluding carboxylic acids is 2. The van der Waals surface area contributed by atoms with Crippen LogP contribution in [0, 0.1) is 5.92 Å². The number of piperidine rings is 1. The molecule has 8 nitrogen and oxygen atoms in total. The third-order valence-electron chi connectivity index (χ3n) is 3.16. The molecule has 2 heterocycles. The van der Waals surface area contributed by atoms with Crippen molar-refractivity contribution in [3.8, 4) is 0 Å². The van der Waals surface area contributed by atoms with Gasteiger partial charge in [-0.25, -0.2) is 9.48 Å². The van der Waals surface area contributed by atoms with Gasteiger partial charge in [-0.15, -0.1) is 5.10 Å². The number of nitrogens with zero attached hydrogens (tertiary/aromatic N) is 3. The van der Waals surface area contributed by atoms with Crippen LogP contribution in [0.3, 0.4) is 0 Å². The number of aromatic nitrogens is 3. The third-order valence-corrected chi connectivity index (χ3v) is 3.16. The highest BCUT2D eigenvalue weighted by Crippen LogP contribution is 2.17. The van der Waals surface area contributed by atoms with Crippen LogP contribution in [0.25, 0.3) is 0 Å². The molecule has 1 aliphatic heterocycles. The number of rotatable bonds is 2. The predicted octanol–water partition coefficient (Wildman–Crippen LogP) is -1.55. The van der Waals surface area contributed by atoms with Gasteiger partial charge in [-0.05, 0) is 12.8 Å². The molecule has 0 saturated carbocycles. The number of H-pyrrole nitrogens is 1. The topological polar surface area (TPSA) is 114 Å². The standard InChI is InChI=1S/C10H15N5O3/c1-14-10(18)12-8(13-14)9(17)15-4-2-6(3-5-15)7(11)16/h6H,2-5H2,1H3,(H2,11,16)(H,12,13,18). The second-order valence-corrected chi connectivity index (χ2v) is 4.37. The van der Waals surface area contributed by atoms with Gasteiger partial charge >= 0.3 is 5.69 Å². The molecule has 0 aliphatic carbocycles. The highest BCUT2D eigenvalue weighted by atomic mass is 16.2. The highest BCUT2D eigenvalue weighted by Gasteiger charge is 2.27. The normalized spacial score (nSPS) is 16.8. The Kier molecular flexibility index (Phi) is 3.17. The first-order valence-corrected chi connectivity index (χ1v) is 5.71. The molecule has 0 atom stereocenters. The Bertz CT molecular complexity index is 524. The van der Waals surface area contributed by atoms with Crippen molar-refractivity contribution in [2.45, 2.75) is 12.8 Å².